The van der Waals surface area contributed by atoms with E-state index in [9.17, 15) is 4.79 Å². The van der Waals surface area contributed by atoms with E-state index < -0.39 is 6.04 Å². The molecule has 114 valence electrons. The second-order valence-electron chi connectivity index (χ2n) is 5.25. The van der Waals surface area contributed by atoms with E-state index in [4.69, 9.17) is 5.73 Å². The maximum atomic E-state index is 12.5. The smallest absolute Gasteiger partial charge is 0.244 e. The molecule has 1 atom stereocenters. The fraction of sp³-hybridized carbons (Fsp3) is 0.312. The van der Waals surface area contributed by atoms with Crippen molar-refractivity contribution < 1.29 is 4.79 Å². The zero-order chi connectivity index (χ0) is 15.4. The van der Waals surface area contributed by atoms with Crippen LogP contribution >= 0.6 is 0 Å². The molecule has 22 heavy (non-hydrogen) atoms. The maximum absolute atomic E-state index is 12.5. The number of benzene rings is 1. The number of nitrogens with zero attached hydrogens (tertiary/aromatic N) is 4. The van der Waals surface area contributed by atoms with Crippen molar-refractivity contribution in [3.8, 4) is 0 Å². The van der Waals surface area contributed by atoms with E-state index in [1.807, 2.05) is 35.2 Å². The number of rotatable bonds is 3. The summed E-state index contributed by atoms with van der Waals surface area (Å²) in [5.41, 5.74) is 6.93. The molecule has 2 aromatic rings. The van der Waals surface area contributed by atoms with Crippen LogP contribution in [0.4, 0.5) is 5.95 Å². The summed E-state index contributed by atoms with van der Waals surface area (Å²) < 4.78 is 0. The Bertz CT molecular complexity index is 611. The molecule has 1 aliphatic rings. The molecule has 1 fully saturated rings. The largest absolute Gasteiger partial charge is 0.337 e. The quantitative estimate of drug-likeness (QED) is 0.908. The van der Waals surface area contributed by atoms with Gasteiger partial charge in [-0.2, -0.15) is 0 Å². The molecule has 1 aromatic carbocycles. The second kappa shape index (κ2) is 6.53. The summed E-state index contributed by atoms with van der Waals surface area (Å²) in [5.74, 6) is 0.682. The average Bonchev–Trinajstić information content (AvgIpc) is 2.62. The van der Waals surface area contributed by atoms with E-state index in [2.05, 4.69) is 14.9 Å². The van der Waals surface area contributed by atoms with Crippen LogP contribution in [0.2, 0.25) is 0 Å². The van der Waals surface area contributed by atoms with Gasteiger partial charge in [-0.25, -0.2) is 9.97 Å². The Balaban J connectivity index is 1.60. The highest BCUT2D eigenvalue weighted by atomic mass is 16.2. The van der Waals surface area contributed by atoms with Gasteiger partial charge in [-0.1, -0.05) is 30.3 Å². The van der Waals surface area contributed by atoms with Gasteiger partial charge in [0.05, 0.1) is 0 Å². The SMILES string of the molecule is N[C@H](C(=O)N1CCN(c2ncccn2)CC1)c1ccccc1. The number of aromatic nitrogens is 2. The molecule has 0 bridgehead atoms. The van der Waals surface area contributed by atoms with Crippen molar-refractivity contribution in [1.82, 2.24) is 14.9 Å². The standard InChI is InChI=1S/C16H19N5O/c17-14(13-5-2-1-3-6-13)15(22)20-9-11-21(12-10-20)16-18-7-4-8-19-16/h1-8,14H,9-12,17H2/t14-/m0/s1. The highest BCUT2D eigenvalue weighted by Crippen LogP contribution is 2.16. The Hall–Kier alpha value is -2.47. The molecule has 1 aromatic heterocycles. The van der Waals surface area contributed by atoms with E-state index in [-0.39, 0.29) is 5.91 Å². The van der Waals surface area contributed by atoms with E-state index in [1.54, 1.807) is 18.5 Å². The number of amides is 1. The third-order valence-electron chi connectivity index (χ3n) is 3.85. The van der Waals surface area contributed by atoms with Crippen molar-refractivity contribution in [3.05, 3.63) is 54.4 Å². The van der Waals surface area contributed by atoms with Gasteiger partial charge in [0, 0.05) is 38.6 Å². The molecule has 0 spiro atoms. The van der Waals surface area contributed by atoms with Crippen LogP contribution in [0, 0.1) is 0 Å². The minimum absolute atomic E-state index is 0.0279. The van der Waals surface area contributed by atoms with E-state index in [1.165, 1.54) is 0 Å². The van der Waals surface area contributed by atoms with Crippen molar-refractivity contribution >= 4 is 11.9 Å². The lowest BCUT2D eigenvalue weighted by Gasteiger charge is -2.35. The molecule has 3 rings (SSSR count). The first kappa shape index (κ1) is 14.5. The van der Waals surface area contributed by atoms with Gasteiger partial charge >= 0.3 is 0 Å². The van der Waals surface area contributed by atoms with Gasteiger partial charge in [0.2, 0.25) is 11.9 Å². The Labute approximate surface area is 129 Å². The van der Waals surface area contributed by atoms with Crippen molar-refractivity contribution in [2.24, 2.45) is 5.73 Å². The monoisotopic (exact) mass is 297 g/mol. The van der Waals surface area contributed by atoms with Gasteiger partial charge in [-0.05, 0) is 11.6 Å². The molecule has 0 saturated carbocycles. The minimum atomic E-state index is -0.597. The van der Waals surface area contributed by atoms with E-state index >= 15 is 0 Å². The molecule has 6 nitrogen and oxygen atoms in total. The number of nitrogens with two attached hydrogens (primary N) is 1. The first-order valence-electron chi connectivity index (χ1n) is 7.37. The van der Waals surface area contributed by atoms with Crippen LogP contribution in [0.15, 0.2) is 48.8 Å². The molecular formula is C16H19N5O. The predicted molar refractivity (Wildman–Crippen MR) is 84.2 cm³/mol. The second-order valence-corrected chi connectivity index (χ2v) is 5.25. The third kappa shape index (κ3) is 3.07. The zero-order valence-electron chi connectivity index (χ0n) is 12.3. The molecular weight excluding hydrogens is 278 g/mol. The van der Waals surface area contributed by atoms with Gasteiger partial charge in [-0.15, -0.1) is 0 Å². The number of carbonyl (C=O) groups is 1. The molecule has 1 saturated heterocycles. The topological polar surface area (TPSA) is 75.4 Å². The lowest BCUT2D eigenvalue weighted by molar-refractivity contribution is -0.133. The molecule has 1 amide bonds. The van der Waals surface area contributed by atoms with Crippen LogP contribution in [0.3, 0.4) is 0 Å². The normalized spacial score (nSPS) is 16.4. The van der Waals surface area contributed by atoms with Crippen molar-refractivity contribution in [3.63, 3.8) is 0 Å². The molecule has 2 N–H and O–H groups in total. The number of hydrogen-bond donors (Lipinski definition) is 1. The lowest BCUT2D eigenvalue weighted by atomic mass is 10.1. The van der Waals surface area contributed by atoms with E-state index in [0.29, 0.717) is 19.0 Å². The summed E-state index contributed by atoms with van der Waals surface area (Å²) in [6, 6.07) is 10.7. The molecule has 2 heterocycles. The Morgan fingerprint density at radius 3 is 2.27 bits per heavy atom. The summed E-state index contributed by atoms with van der Waals surface area (Å²) >= 11 is 0. The van der Waals surface area contributed by atoms with Crippen LogP contribution < -0.4 is 10.6 Å². The zero-order valence-corrected chi connectivity index (χ0v) is 12.3. The van der Waals surface area contributed by atoms with Crippen molar-refractivity contribution in [1.29, 1.82) is 0 Å². The number of carbonyl (C=O) groups excluding carboxylic acids is 1. The molecule has 0 aliphatic carbocycles. The summed E-state index contributed by atoms with van der Waals surface area (Å²) in [5, 5.41) is 0. The van der Waals surface area contributed by atoms with Gasteiger partial charge < -0.3 is 15.5 Å². The summed E-state index contributed by atoms with van der Waals surface area (Å²) in [6.45, 7) is 2.71. The van der Waals surface area contributed by atoms with Gasteiger partial charge in [0.15, 0.2) is 0 Å². The predicted octanol–water partition coefficient (Wildman–Crippen LogP) is 0.825. The Morgan fingerprint density at radius 1 is 1.00 bits per heavy atom. The summed E-state index contributed by atoms with van der Waals surface area (Å²) in [6.07, 6.45) is 3.45. The number of anilines is 1. The van der Waals surface area contributed by atoms with Gasteiger partial charge in [0.25, 0.3) is 0 Å². The van der Waals surface area contributed by atoms with Gasteiger partial charge in [-0.3, -0.25) is 4.79 Å². The average molecular weight is 297 g/mol. The fourth-order valence-corrected chi connectivity index (χ4v) is 2.58. The number of hydrogen-bond acceptors (Lipinski definition) is 5. The minimum Gasteiger partial charge on any atom is -0.337 e. The summed E-state index contributed by atoms with van der Waals surface area (Å²) in [7, 11) is 0. The van der Waals surface area contributed by atoms with E-state index in [0.717, 1.165) is 18.7 Å². The molecule has 0 unspecified atom stereocenters. The lowest BCUT2D eigenvalue weighted by Crippen LogP contribution is -2.51. The molecule has 1 aliphatic heterocycles. The molecule has 0 radical (unpaired) electrons. The van der Waals surface area contributed by atoms with Crippen LogP contribution in [0.5, 0.6) is 0 Å². The van der Waals surface area contributed by atoms with Crippen LogP contribution in [0.25, 0.3) is 0 Å². The Kier molecular flexibility index (Phi) is 4.29. The first-order chi connectivity index (χ1) is 10.8. The summed E-state index contributed by atoms with van der Waals surface area (Å²) in [4.78, 5) is 24.9. The van der Waals surface area contributed by atoms with Crippen LogP contribution in [-0.2, 0) is 4.79 Å². The highest BCUT2D eigenvalue weighted by Gasteiger charge is 2.26. The number of piperazine rings is 1. The highest BCUT2D eigenvalue weighted by molar-refractivity contribution is 5.83. The maximum Gasteiger partial charge on any atom is 0.244 e. The molecule has 6 heteroatoms. The van der Waals surface area contributed by atoms with Crippen molar-refractivity contribution in [2.75, 3.05) is 31.1 Å². The fourth-order valence-electron chi connectivity index (χ4n) is 2.58. The Morgan fingerprint density at radius 2 is 1.64 bits per heavy atom. The van der Waals surface area contributed by atoms with Gasteiger partial charge in [0.1, 0.15) is 6.04 Å². The van der Waals surface area contributed by atoms with Crippen molar-refractivity contribution in [2.45, 2.75) is 6.04 Å². The van der Waals surface area contributed by atoms with Crippen LogP contribution in [-0.4, -0.2) is 47.0 Å². The third-order valence-corrected chi connectivity index (χ3v) is 3.85. The van der Waals surface area contributed by atoms with Crippen LogP contribution in [0.1, 0.15) is 11.6 Å². The first-order valence-corrected chi connectivity index (χ1v) is 7.37.